The third kappa shape index (κ3) is 3.37. The summed E-state index contributed by atoms with van der Waals surface area (Å²) in [5.74, 6) is 1.47. The summed E-state index contributed by atoms with van der Waals surface area (Å²) >= 11 is 1.43. The normalized spacial score (nSPS) is 11.1. The molecule has 2 aromatic carbocycles. The van der Waals surface area contributed by atoms with E-state index >= 15 is 0 Å². The fourth-order valence-corrected chi connectivity index (χ4v) is 4.21. The number of hydrogen-bond donors (Lipinski definition) is 0. The van der Waals surface area contributed by atoms with Crippen LogP contribution in [0.25, 0.3) is 32.0 Å². The number of rotatable bonds is 5. The van der Waals surface area contributed by atoms with Crippen LogP contribution in [0.4, 0.5) is 0 Å². The maximum atomic E-state index is 13.0. The van der Waals surface area contributed by atoms with Crippen molar-refractivity contribution in [2.24, 2.45) is 0 Å². The Bertz CT molecular complexity index is 1390. The van der Waals surface area contributed by atoms with Gasteiger partial charge in [0.25, 0.3) is 5.56 Å². The standard InChI is InChI=1S/C22H16N4O3S/c1-28-16-9-5-8-15(10-16)21-24-19(29-25-21)12-26-13-23-17-11-18(30-20(17)22(26)27)14-6-3-2-4-7-14/h2-11,13H,12H2,1H3. The van der Waals surface area contributed by atoms with E-state index in [0.29, 0.717) is 27.7 Å². The number of aromatic nitrogens is 4. The van der Waals surface area contributed by atoms with Gasteiger partial charge < -0.3 is 9.26 Å². The van der Waals surface area contributed by atoms with E-state index in [9.17, 15) is 4.79 Å². The van der Waals surface area contributed by atoms with E-state index in [1.54, 1.807) is 7.11 Å². The maximum absolute atomic E-state index is 13.0. The molecule has 0 spiro atoms. The van der Waals surface area contributed by atoms with Crippen LogP contribution in [0.1, 0.15) is 5.89 Å². The molecule has 0 unspecified atom stereocenters. The molecule has 7 nitrogen and oxygen atoms in total. The maximum Gasteiger partial charge on any atom is 0.271 e. The van der Waals surface area contributed by atoms with Crippen molar-refractivity contribution in [1.29, 1.82) is 0 Å². The monoisotopic (exact) mass is 416 g/mol. The summed E-state index contributed by atoms with van der Waals surface area (Å²) in [6.45, 7) is 0.150. The Morgan fingerprint density at radius 3 is 2.73 bits per heavy atom. The van der Waals surface area contributed by atoms with Crippen molar-refractivity contribution >= 4 is 21.6 Å². The number of hydrogen-bond acceptors (Lipinski definition) is 7. The SMILES string of the molecule is COc1cccc(-c2noc(Cn3cnc4cc(-c5ccccc5)sc4c3=O)n2)c1. The van der Waals surface area contributed by atoms with Gasteiger partial charge >= 0.3 is 0 Å². The summed E-state index contributed by atoms with van der Waals surface area (Å²) < 4.78 is 12.7. The van der Waals surface area contributed by atoms with Crippen molar-refractivity contribution in [3.05, 3.63) is 83.2 Å². The van der Waals surface area contributed by atoms with E-state index < -0.39 is 0 Å². The molecule has 3 heterocycles. The van der Waals surface area contributed by atoms with Crippen molar-refractivity contribution in [2.75, 3.05) is 7.11 Å². The molecule has 0 fully saturated rings. The Hall–Kier alpha value is -3.78. The summed E-state index contributed by atoms with van der Waals surface area (Å²) in [4.78, 5) is 22.8. The molecule has 0 atom stereocenters. The molecule has 0 aliphatic heterocycles. The summed E-state index contributed by atoms with van der Waals surface area (Å²) in [7, 11) is 1.60. The van der Waals surface area contributed by atoms with Gasteiger partial charge in [-0.05, 0) is 23.8 Å². The van der Waals surface area contributed by atoms with E-state index in [0.717, 1.165) is 16.0 Å². The van der Waals surface area contributed by atoms with Gasteiger partial charge in [-0.25, -0.2) is 4.98 Å². The van der Waals surface area contributed by atoms with Crippen molar-refractivity contribution in [3.8, 4) is 27.6 Å². The van der Waals surface area contributed by atoms with E-state index in [4.69, 9.17) is 9.26 Å². The first-order valence-corrected chi connectivity index (χ1v) is 10.0. The van der Waals surface area contributed by atoms with E-state index in [2.05, 4.69) is 15.1 Å². The van der Waals surface area contributed by atoms with Gasteiger partial charge in [0, 0.05) is 10.4 Å². The van der Waals surface area contributed by atoms with Gasteiger partial charge in [0.05, 0.1) is 19.0 Å². The smallest absolute Gasteiger partial charge is 0.271 e. The molecule has 0 saturated carbocycles. The summed E-state index contributed by atoms with van der Waals surface area (Å²) in [5, 5.41) is 4.02. The molecule has 0 aliphatic rings. The third-order valence-electron chi connectivity index (χ3n) is 4.66. The minimum Gasteiger partial charge on any atom is -0.497 e. The molecule has 0 N–H and O–H groups in total. The number of benzene rings is 2. The minimum absolute atomic E-state index is 0.131. The second-order valence-electron chi connectivity index (χ2n) is 6.61. The number of nitrogens with zero attached hydrogens (tertiary/aromatic N) is 4. The molecule has 0 radical (unpaired) electrons. The van der Waals surface area contributed by atoms with Crippen molar-refractivity contribution in [2.45, 2.75) is 6.54 Å². The Morgan fingerprint density at radius 2 is 1.90 bits per heavy atom. The van der Waals surface area contributed by atoms with Crippen LogP contribution in [-0.4, -0.2) is 26.8 Å². The lowest BCUT2D eigenvalue weighted by atomic mass is 10.2. The van der Waals surface area contributed by atoms with Crippen molar-refractivity contribution in [3.63, 3.8) is 0 Å². The molecule has 0 bridgehead atoms. The molecule has 3 aromatic heterocycles. The molecule has 0 saturated heterocycles. The second kappa shape index (κ2) is 7.57. The molecular weight excluding hydrogens is 400 g/mol. The quantitative estimate of drug-likeness (QED) is 0.426. The van der Waals surface area contributed by atoms with Crippen LogP contribution >= 0.6 is 11.3 Å². The zero-order valence-corrected chi connectivity index (χ0v) is 16.8. The first kappa shape index (κ1) is 18.3. The molecule has 0 aliphatic carbocycles. The number of fused-ring (bicyclic) bond motifs is 1. The molecule has 5 aromatic rings. The average molecular weight is 416 g/mol. The Labute approximate surface area is 175 Å². The first-order valence-electron chi connectivity index (χ1n) is 9.23. The van der Waals surface area contributed by atoms with E-state index in [-0.39, 0.29) is 12.1 Å². The fourth-order valence-electron chi connectivity index (χ4n) is 3.15. The molecule has 8 heteroatoms. The van der Waals surface area contributed by atoms with Crippen LogP contribution in [-0.2, 0) is 6.54 Å². The lowest BCUT2D eigenvalue weighted by molar-refractivity contribution is 0.369. The lowest BCUT2D eigenvalue weighted by Gasteiger charge is -2.01. The van der Waals surface area contributed by atoms with Crippen LogP contribution in [0.3, 0.4) is 0 Å². The van der Waals surface area contributed by atoms with Gasteiger partial charge in [-0.15, -0.1) is 11.3 Å². The summed E-state index contributed by atoms with van der Waals surface area (Å²) in [6, 6.07) is 19.3. The largest absolute Gasteiger partial charge is 0.497 e. The summed E-state index contributed by atoms with van der Waals surface area (Å²) in [5.41, 5.74) is 2.39. The van der Waals surface area contributed by atoms with Gasteiger partial charge in [0.15, 0.2) is 0 Å². The Balaban J connectivity index is 1.45. The highest BCUT2D eigenvalue weighted by Gasteiger charge is 2.14. The highest BCUT2D eigenvalue weighted by atomic mass is 32.1. The number of ether oxygens (including phenoxy) is 1. The minimum atomic E-state index is -0.131. The average Bonchev–Trinajstić information content (AvgIpc) is 3.44. The van der Waals surface area contributed by atoms with Crippen molar-refractivity contribution < 1.29 is 9.26 Å². The van der Waals surface area contributed by atoms with Crippen LogP contribution in [0.2, 0.25) is 0 Å². The fraction of sp³-hybridized carbons (Fsp3) is 0.0909. The predicted molar refractivity (Wildman–Crippen MR) is 115 cm³/mol. The predicted octanol–water partition coefficient (Wildman–Crippen LogP) is 4.23. The van der Waals surface area contributed by atoms with E-state index in [1.807, 2.05) is 60.7 Å². The highest BCUT2D eigenvalue weighted by Crippen LogP contribution is 2.30. The zero-order valence-electron chi connectivity index (χ0n) is 16.0. The van der Waals surface area contributed by atoms with E-state index in [1.165, 1.54) is 22.2 Å². The van der Waals surface area contributed by atoms with Gasteiger partial charge in [0.1, 0.15) is 17.0 Å². The van der Waals surface area contributed by atoms with Crippen LogP contribution in [0.5, 0.6) is 5.75 Å². The first-order chi connectivity index (χ1) is 14.7. The third-order valence-corrected chi connectivity index (χ3v) is 5.83. The van der Waals surface area contributed by atoms with Gasteiger partial charge in [-0.2, -0.15) is 4.98 Å². The van der Waals surface area contributed by atoms with Gasteiger partial charge in [0.2, 0.25) is 11.7 Å². The highest BCUT2D eigenvalue weighted by molar-refractivity contribution is 7.22. The number of thiophene rings is 1. The molecule has 30 heavy (non-hydrogen) atoms. The molecular formula is C22H16N4O3S. The van der Waals surface area contributed by atoms with Crippen molar-refractivity contribution in [1.82, 2.24) is 19.7 Å². The summed E-state index contributed by atoms with van der Waals surface area (Å²) in [6.07, 6.45) is 1.52. The van der Waals surface area contributed by atoms with Gasteiger partial charge in [-0.3, -0.25) is 9.36 Å². The Morgan fingerprint density at radius 1 is 1.07 bits per heavy atom. The molecule has 0 amide bonds. The molecule has 148 valence electrons. The lowest BCUT2D eigenvalue weighted by Crippen LogP contribution is -2.20. The van der Waals surface area contributed by atoms with Gasteiger partial charge in [-0.1, -0.05) is 47.6 Å². The zero-order chi connectivity index (χ0) is 20.5. The van der Waals surface area contributed by atoms with Crippen LogP contribution in [0, 0.1) is 0 Å². The topological polar surface area (TPSA) is 83.0 Å². The van der Waals surface area contributed by atoms with Crippen LogP contribution in [0.15, 0.2) is 76.3 Å². The second-order valence-corrected chi connectivity index (χ2v) is 7.66. The number of methoxy groups -OCH3 is 1. The Kier molecular flexibility index (Phi) is 4.61. The van der Waals surface area contributed by atoms with Crippen LogP contribution < -0.4 is 10.3 Å². The molecule has 5 rings (SSSR count).